The van der Waals surface area contributed by atoms with Crippen molar-refractivity contribution in [2.75, 3.05) is 19.7 Å². The van der Waals surface area contributed by atoms with E-state index in [-0.39, 0.29) is 29.8 Å². The topological polar surface area (TPSA) is 117 Å². The minimum Gasteiger partial charge on any atom is -0.501 e. The van der Waals surface area contributed by atoms with Crippen molar-refractivity contribution in [2.24, 2.45) is 0 Å². The maximum absolute atomic E-state index is 13.0. The van der Waals surface area contributed by atoms with E-state index in [0.717, 1.165) is 12.0 Å². The molecular formula is C25H29FN4O4. The van der Waals surface area contributed by atoms with Crippen LogP contribution in [0.3, 0.4) is 0 Å². The molecule has 9 heteroatoms. The Morgan fingerprint density at radius 1 is 1.06 bits per heavy atom. The predicted molar refractivity (Wildman–Crippen MR) is 125 cm³/mol. The summed E-state index contributed by atoms with van der Waals surface area (Å²) < 4.78 is 18.7. The number of benzene rings is 2. The number of halogens is 1. The zero-order valence-electron chi connectivity index (χ0n) is 19.0. The fraction of sp³-hybridized carbons (Fsp3) is 0.320. The van der Waals surface area contributed by atoms with Crippen molar-refractivity contribution in [1.82, 2.24) is 20.6 Å². The number of carbonyl (C=O) groups excluding carboxylic acids is 1. The van der Waals surface area contributed by atoms with Gasteiger partial charge in [-0.15, -0.1) is 0 Å². The van der Waals surface area contributed by atoms with E-state index in [1.165, 1.54) is 12.1 Å². The van der Waals surface area contributed by atoms with Crippen LogP contribution in [-0.2, 0) is 17.9 Å². The van der Waals surface area contributed by atoms with E-state index in [1.807, 2.05) is 37.3 Å². The fourth-order valence-electron chi connectivity index (χ4n) is 3.18. The molecule has 4 N–H and O–H groups in total. The third-order valence-corrected chi connectivity index (χ3v) is 5.11. The number of hydrogen-bond acceptors (Lipinski definition) is 7. The van der Waals surface area contributed by atoms with Crippen LogP contribution in [0.15, 0.2) is 54.6 Å². The first-order valence-corrected chi connectivity index (χ1v) is 11.1. The SMILES string of the molecule is CC(CNCCCOCc1ccccc1)c1nc(O)c(O)c(C(=O)NCc2ccc(F)cc2)n1. The van der Waals surface area contributed by atoms with Gasteiger partial charge in [-0.05, 0) is 36.2 Å². The standard InChI is InChI=1S/C25H29FN4O4/c1-17(14-27-12-5-13-34-16-19-6-3-2-4-7-19)23-29-21(22(31)25(33)30-23)24(32)28-15-18-8-10-20(26)11-9-18/h2-4,6-11,17,27,31H,5,12-16H2,1H3,(H,28,32)(H,29,30,33). The van der Waals surface area contributed by atoms with Crippen LogP contribution < -0.4 is 10.6 Å². The van der Waals surface area contributed by atoms with E-state index < -0.39 is 17.5 Å². The second kappa shape index (κ2) is 12.6. The van der Waals surface area contributed by atoms with Gasteiger partial charge in [0.15, 0.2) is 5.69 Å². The van der Waals surface area contributed by atoms with Crippen LogP contribution in [0.2, 0.25) is 0 Å². The van der Waals surface area contributed by atoms with Crippen molar-refractivity contribution in [3.63, 3.8) is 0 Å². The lowest BCUT2D eigenvalue weighted by atomic mass is 10.1. The molecular weight excluding hydrogens is 439 g/mol. The molecule has 0 spiro atoms. The second-order valence-electron chi connectivity index (χ2n) is 7.91. The maximum Gasteiger partial charge on any atom is 0.274 e. The van der Waals surface area contributed by atoms with E-state index in [1.54, 1.807) is 12.1 Å². The fourth-order valence-corrected chi connectivity index (χ4v) is 3.18. The van der Waals surface area contributed by atoms with Gasteiger partial charge in [-0.25, -0.2) is 9.37 Å². The summed E-state index contributed by atoms with van der Waals surface area (Å²) in [5.74, 6) is -2.37. The Kier molecular flexibility index (Phi) is 9.30. The highest BCUT2D eigenvalue weighted by Crippen LogP contribution is 2.27. The molecule has 3 aromatic rings. The number of carbonyl (C=O) groups is 1. The van der Waals surface area contributed by atoms with Gasteiger partial charge in [-0.2, -0.15) is 4.98 Å². The van der Waals surface area contributed by atoms with Gasteiger partial charge in [0, 0.05) is 25.6 Å². The summed E-state index contributed by atoms with van der Waals surface area (Å²) in [6.45, 7) is 4.38. The summed E-state index contributed by atoms with van der Waals surface area (Å²) in [6, 6.07) is 15.6. The number of aromatic nitrogens is 2. The van der Waals surface area contributed by atoms with Crippen LogP contribution in [0.5, 0.6) is 11.6 Å². The number of nitrogens with zero attached hydrogens (tertiary/aromatic N) is 2. The largest absolute Gasteiger partial charge is 0.501 e. The van der Waals surface area contributed by atoms with E-state index in [9.17, 15) is 19.4 Å². The van der Waals surface area contributed by atoms with Crippen LogP contribution in [0.4, 0.5) is 4.39 Å². The third kappa shape index (κ3) is 7.50. The van der Waals surface area contributed by atoms with Crippen molar-refractivity contribution >= 4 is 5.91 Å². The highest BCUT2D eigenvalue weighted by Gasteiger charge is 2.21. The normalized spacial score (nSPS) is 11.8. The Hall–Kier alpha value is -3.56. The highest BCUT2D eigenvalue weighted by atomic mass is 19.1. The Morgan fingerprint density at radius 3 is 2.53 bits per heavy atom. The smallest absolute Gasteiger partial charge is 0.274 e. The van der Waals surface area contributed by atoms with Crippen molar-refractivity contribution < 1.29 is 24.1 Å². The number of ether oxygens (including phenoxy) is 1. The quantitative estimate of drug-likeness (QED) is 0.302. The molecule has 1 heterocycles. The molecule has 0 saturated carbocycles. The number of nitrogens with one attached hydrogen (secondary N) is 2. The number of amides is 1. The molecule has 0 aliphatic carbocycles. The van der Waals surface area contributed by atoms with Crippen LogP contribution in [0.1, 0.15) is 46.7 Å². The van der Waals surface area contributed by atoms with Gasteiger partial charge >= 0.3 is 0 Å². The molecule has 1 aromatic heterocycles. The van der Waals surface area contributed by atoms with Gasteiger partial charge < -0.3 is 25.6 Å². The molecule has 0 saturated heterocycles. The van der Waals surface area contributed by atoms with Gasteiger partial charge in [0.2, 0.25) is 5.75 Å². The highest BCUT2D eigenvalue weighted by molar-refractivity contribution is 5.95. The van der Waals surface area contributed by atoms with Gasteiger partial charge in [0.1, 0.15) is 11.6 Å². The molecule has 34 heavy (non-hydrogen) atoms. The first-order valence-electron chi connectivity index (χ1n) is 11.1. The predicted octanol–water partition coefficient (Wildman–Crippen LogP) is 3.26. The monoisotopic (exact) mass is 468 g/mol. The second-order valence-corrected chi connectivity index (χ2v) is 7.91. The molecule has 180 valence electrons. The minimum atomic E-state index is -0.684. The van der Waals surface area contributed by atoms with Crippen LogP contribution in [0.25, 0.3) is 0 Å². The molecule has 1 amide bonds. The maximum atomic E-state index is 13.0. The Balaban J connectivity index is 1.45. The lowest BCUT2D eigenvalue weighted by Crippen LogP contribution is -2.26. The molecule has 0 radical (unpaired) electrons. The first-order chi connectivity index (χ1) is 16.4. The molecule has 0 aliphatic rings. The lowest BCUT2D eigenvalue weighted by molar-refractivity contribution is 0.0941. The van der Waals surface area contributed by atoms with E-state index in [4.69, 9.17) is 4.74 Å². The Labute approximate surface area is 197 Å². The van der Waals surface area contributed by atoms with Crippen molar-refractivity contribution in [3.8, 4) is 11.6 Å². The average molecular weight is 469 g/mol. The molecule has 0 bridgehead atoms. The van der Waals surface area contributed by atoms with Crippen molar-refractivity contribution in [3.05, 3.63) is 83.1 Å². The molecule has 1 unspecified atom stereocenters. The van der Waals surface area contributed by atoms with Crippen LogP contribution in [0, 0.1) is 5.82 Å². The summed E-state index contributed by atoms with van der Waals surface area (Å²) in [5.41, 5.74) is 1.50. The van der Waals surface area contributed by atoms with E-state index >= 15 is 0 Å². The summed E-state index contributed by atoms with van der Waals surface area (Å²) in [5, 5.41) is 26.0. The summed E-state index contributed by atoms with van der Waals surface area (Å²) in [6.07, 6.45) is 0.818. The van der Waals surface area contributed by atoms with Gasteiger partial charge in [0.05, 0.1) is 6.61 Å². The van der Waals surface area contributed by atoms with Gasteiger partial charge in [-0.1, -0.05) is 49.4 Å². The average Bonchev–Trinajstić information content (AvgIpc) is 2.85. The summed E-state index contributed by atoms with van der Waals surface area (Å²) in [4.78, 5) is 20.6. The molecule has 8 nitrogen and oxygen atoms in total. The first kappa shape index (κ1) is 25.1. The molecule has 0 fully saturated rings. The third-order valence-electron chi connectivity index (χ3n) is 5.11. The lowest BCUT2D eigenvalue weighted by Gasteiger charge is -2.14. The van der Waals surface area contributed by atoms with Crippen molar-refractivity contribution in [1.29, 1.82) is 0 Å². The van der Waals surface area contributed by atoms with Gasteiger partial charge in [0.25, 0.3) is 11.8 Å². The molecule has 2 aromatic carbocycles. The molecule has 3 rings (SSSR count). The zero-order chi connectivity index (χ0) is 24.3. The van der Waals surface area contributed by atoms with E-state index in [0.29, 0.717) is 31.9 Å². The van der Waals surface area contributed by atoms with E-state index in [2.05, 4.69) is 20.6 Å². The Morgan fingerprint density at radius 2 is 1.79 bits per heavy atom. The Bertz CT molecular complexity index is 1060. The summed E-state index contributed by atoms with van der Waals surface area (Å²) >= 11 is 0. The minimum absolute atomic E-state index is 0.113. The molecule has 0 aliphatic heterocycles. The van der Waals surface area contributed by atoms with Crippen LogP contribution >= 0.6 is 0 Å². The molecule has 1 atom stereocenters. The summed E-state index contributed by atoms with van der Waals surface area (Å²) in [7, 11) is 0. The number of hydrogen-bond donors (Lipinski definition) is 4. The van der Waals surface area contributed by atoms with Crippen molar-refractivity contribution in [2.45, 2.75) is 32.4 Å². The zero-order valence-corrected chi connectivity index (χ0v) is 19.0. The number of aromatic hydroxyl groups is 2. The van der Waals surface area contributed by atoms with Crippen LogP contribution in [-0.4, -0.2) is 45.8 Å². The number of rotatable bonds is 12. The van der Waals surface area contributed by atoms with Gasteiger partial charge in [-0.3, -0.25) is 4.79 Å².